The number of hydrogen-bond acceptors (Lipinski definition) is 4. The fourth-order valence-electron chi connectivity index (χ4n) is 1.55. The third-order valence-electron chi connectivity index (χ3n) is 3.33. The summed E-state index contributed by atoms with van der Waals surface area (Å²) in [6, 6.07) is 0.297. The maximum absolute atomic E-state index is 11.5. The first-order chi connectivity index (χ1) is 7.28. The molecule has 1 rings (SSSR count). The van der Waals surface area contributed by atoms with Gasteiger partial charge in [0.25, 0.3) is 0 Å². The molecule has 1 atom stereocenters. The largest absolute Gasteiger partial charge is 0.383 e. The van der Waals surface area contributed by atoms with E-state index >= 15 is 0 Å². The van der Waals surface area contributed by atoms with Gasteiger partial charge in [0.05, 0.1) is 11.4 Å². The van der Waals surface area contributed by atoms with Crippen molar-refractivity contribution in [1.82, 2.24) is 5.32 Å². The zero-order valence-electron chi connectivity index (χ0n) is 10.6. The van der Waals surface area contributed by atoms with E-state index in [9.17, 15) is 8.42 Å². The van der Waals surface area contributed by atoms with Gasteiger partial charge in [-0.3, -0.25) is 0 Å². The normalized spacial score (nSPS) is 19.8. The molecule has 0 aromatic heterocycles. The van der Waals surface area contributed by atoms with E-state index in [1.165, 1.54) is 19.1 Å². The van der Waals surface area contributed by atoms with Gasteiger partial charge >= 0.3 is 0 Å². The van der Waals surface area contributed by atoms with Crippen LogP contribution in [0.1, 0.15) is 26.7 Å². The highest BCUT2D eigenvalue weighted by molar-refractivity contribution is 7.92. The van der Waals surface area contributed by atoms with E-state index in [1.54, 1.807) is 21.0 Å². The summed E-state index contributed by atoms with van der Waals surface area (Å²) in [5, 5.41) is 3.33. The minimum atomic E-state index is -3.02. The third-order valence-corrected chi connectivity index (χ3v) is 5.48. The molecule has 0 radical (unpaired) electrons. The Bertz CT molecular complexity index is 320. The van der Waals surface area contributed by atoms with Crippen molar-refractivity contribution in [2.24, 2.45) is 5.92 Å². The van der Waals surface area contributed by atoms with Gasteiger partial charge in [-0.1, -0.05) is 0 Å². The SMILES string of the molecule is COCC(NCC(C)(C)S(C)(=O)=O)C1CC1. The van der Waals surface area contributed by atoms with Crippen LogP contribution in [-0.4, -0.2) is 45.7 Å². The molecule has 96 valence electrons. The van der Waals surface area contributed by atoms with Crippen LogP contribution < -0.4 is 5.32 Å². The molecular formula is C11H23NO3S. The summed E-state index contributed by atoms with van der Waals surface area (Å²) in [5.41, 5.74) is 0. The number of methoxy groups -OCH3 is 1. The van der Waals surface area contributed by atoms with E-state index < -0.39 is 14.6 Å². The summed E-state index contributed by atoms with van der Waals surface area (Å²) in [4.78, 5) is 0. The highest BCUT2D eigenvalue weighted by Gasteiger charge is 2.35. The zero-order chi connectivity index (χ0) is 12.4. The molecule has 0 saturated heterocycles. The average Bonchev–Trinajstić information content (AvgIpc) is 2.93. The van der Waals surface area contributed by atoms with Gasteiger partial charge in [0.2, 0.25) is 0 Å². The zero-order valence-corrected chi connectivity index (χ0v) is 11.4. The third kappa shape index (κ3) is 3.71. The first-order valence-corrected chi connectivity index (χ1v) is 7.59. The minimum Gasteiger partial charge on any atom is -0.383 e. The monoisotopic (exact) mass is 249 g/mol. The molecule has 5 heteroatoms. The van der Waals surface area contributed by atoms with Crippen LogP contribution in [-0.2, 0) is 14.6 Å². The van der Waals surface area contributed by atoms with E-state index in [0.29, 0.717) is 25.1 Å². The van der Waals surface area contributed by atoms with E-state index in [0.717, 1.165) is 0 Å². The molecule has 0 heterocycles. The lowest BCUT2D eigenvalue weighted by Crippen LogP contribution is -2.47. The van der Waals surface area contributed by atoms with Gasteiger partial charge in [-0.15, -0.1) is 0 Å². The summed E-state index contributed by atoms with van der Waals surface area (Å²) in [6.07, 6.45) is 3.73. The molecule has 1 fully saturated rings. The molecule has 0 aromatic rings. The lowest BCUT2D eigenvalue weighted by molar-refractivity contribution is 0.156. The molecule has 1 aliphatic rings. The molecule has 1 saturated carbocycles. The fourth-order valence-corrected chi connectivity index (χ4v) is 1.89. The lowest BCUT2D eigenvalue weighted by atomic mass is 10.1. The van der Waals surface area contributed by atoms with E-state index in [-0.39, 0.29) is 0 Å². The predicted molar refractivity (Wildman–Crippen MR) is 65.3 cm³/mol. The highest BCUT2D eigenvalue weighted by atomic mass is 32.2. The van der Waals surface area contributed by atoms with Gasteiger partial charge in [-0.05, 0) is 32.6 Å². The summed E-state index contributed by atoms with van der Waals surface area (Å²) in [5.74, 6) is 0.662. The fraction of sp³-hybridized carbons (Fsp3) is 1.00. The standard InChI is InChI=1S/C11H23NO3S/c1-11(2,16(4,13)14)8-12-10(7-15-3)9-5-6-9/h9-10,12H,5-8H2,1-4H3. The summed E-state index contributed by atoms with van der Waals surface area (Å²) in [6.45, 7) is 4.65. The average molecular weight is 249 g/mol. The smallest absolute Gasteiger partial charge is 0.153 e. The van der Waals surface area contributed by atoms with Crippen molar-refractivity contribution >= 4 is 9.84 Å². The Morgan fingerprint density at radius 3 is 2.38 bits per heavy atom. The van der Waals surface area contributed by atoms with Crippen molar-refractivity contribution in [2.45, 2.75) is 37.5 Å². The molecule has 0 aromatic carbocycles. The Balaban J connectivity index is 2.48. The van der Waals surface area contributed by atoms with Crippen molar-refractivity contribution in [1.29, 1.82) is 0 Å². The second-order valence-corrected chi connectivity index (χ2v) is 7.96. The second kappa shape index (κ2) is 5.02. The first kappa shape index (κ1) is 13.9. The van der Waals surface area contributed by atoms with Crippen molar-refractivity contribution in [3.63, 3.8) is 0 Å². The maximum Gasteiger partial charge on any atom is 0.153 e. The van der Waals surface area contributed by atoms with E-state index in [4.69, 9.17) is 4.74 Å². The van der Waals surface area contributed by atoms with Crippen LogP contribution in [0.4, 0.5) is 0 Å². The Labute approximate surface area is 98.7 Å². The summed E-state index contributed by atoms with van der Waals surface area (Å²) < 4.78 is 27.5. The van der Waals surface area contributed by atoms with E-state index in [1.807, 2.05) is 0 Å². The van der Waals surface area contributed by atoms with Crippen molar-refractivity contribution < 1.29 is 13.2 Å². The molecule has 0 bridgehead atoms. The number of hydrogen-bond donors (Lipinski definition) is 1. The molecule has 0 amide bonds. The van der Waals surface area contributed by atoms with Gasteiger partial charge in [-0.25, -0.2) is 8.42 Å². The van der Waals surface area contributed by atoms with E-state index in [2.05, 4.69) is 5.32 Å². The number of nitrogens with one attached hydrogen (secondary N) is 1. The van der Waals surface area contributed by atoms with Crippen LogP contribution in [0, 0.1) is 5.92 Å². The van der Waals surface area contributed by atoms with Gasteiger partial charge in [0.1, 0.15) is 0 Å². The van der Waals surface area contributed by atoms with Crippen molar-refractivity contribution in [3.05, 3.63) is 0 Å². The second-order valence-electron chi connectivity index (χ2n) is 5.31. The predicted octanol–water partition coefficient (Wildman–Crippen LogP) is 0.824. The maximum atomic E-state index is 11.5. The summed E-state index contributed by atoms with van der Waals surface area (Å²) >= 11 is 0. The Morgan fingerprint density at radius 1 is 1.44 bits per heavy atom. The number of rotatable bonds is 7. The van der Waals surface area contributed by atoms with Crippen molar-refractivity contribution in [2.75, 3.05) is 26.5 Å². The van der Waals surface area contributed by atoms with Gasteiger partial charge < -0.3 is 10.1 Å². The molecule has 0 spiro atoms. The highest BCUT2D eigenvalue weighted by Crippen LogP contribution is 2.33. The summed E-state index contributed by atoms with van der Waals surface area (Å²) in [7, 11) is -1.34. The molecule has 4 nitrogen and oxygen atoms in total. The van der Waals surface area contributed by atoms with Crippen LogP contribution >= 0.6 is 0 Å². The van der Waals surface area contributed by atoms with Crippen molar-refractivity contribution in [3.8, 4) is 0 Å². The molecule has 0 aliphatic heterocycles. The molecule has 1 aliphatic carbocycles. The Hall–Kier alpha value is -0.130. The quantitative estimate of drug-likeness (QED) is 0.726. The van der Waals surface area contributed by atoms with Crippen LogP contribution in [0.5, 0.6) is 0 Å². The van der Waals surface area contributed by atoms with Gasteiger partial charge in [0.15, 0.2) is 9.84 Å². The van der Waals surface area contributed by atoms with Gasteiger partial charge in [-0.2, -0.15) is 0 Å². The van der Waals surface area contributed by atoms with Crippen LogP contribution in [0.25, 0.3) is 0 Å². The minimum absolute atomic E-state index is 0.297. The van der Waals surface area contributed by atoms with Crippen LogP contribution in [0.3, 0.4) is 0 Å². The van der Waals surface area contributed by atoms with Crippen LogP contribution in [0.2, 0.25) is 0 Å². The van der Waals surface area contributed by atoms with Crippen LogP contribution in [0.15, 0.2) is 0 Å². The Morgan fingerprint density at radius 2 is 2.00 bits per heavy atom. The molecule has 16 heavy (non-hydrogen) atoms. The molecule has 1 unspecified atom stereocenters. The lowest BCUT2D eigenvalue weighted by Gasteiger charge is -2.26. The Kier molecular flexibility index (Phi) is 4.37. The molecular weight excluding hydrogens is 226 g/mol. The van der Waals surface area contributed by atoms with Gasteiger partial charge in [0, 0.05) is 26.0 Å². The molecule has 1 N–H and O–H groups in total. The first-order valence-electron chi connectivity index (χ1n) is 5.70. The number of sulfone groups is 1. The topological polar surface area (TPSA) is 55.4 Å². The number of ether oxygens (including phenoxy) is 1.